The molecule has 2 rings (SSSR count). The normalized spacial score (nSPS) is 11.0. The molecule has 2 aromatic rings. The van der Waals surface area contributed by atoms with E-state index in [0.717, 1.165) is 10.6 Å². The molecule has 0 aliphatic carbocycles. The van der Waals surface area contributed by atoms with Crippen molar-refractivity contribution in [3.63, 3.8) is 0 Å². The maximum absolute atomic E-state index is 12.4. The van der Waals surface area contributed by atoms with Gasteiger partial charge in [0.1, 0.15) is 6.54 Å². The molecular formula is C17H15Cl3N2O5S. The second-order valence-electron chi connectivity index (χ2n) is 5.60. The lowest BCUT2D eigenvalue weighted by Crippen LogP contribution is -2.37. The van der Waals surface area contributed by atoms with Crippen LogP contribution in [0.4, 0.5) is 11.4 Å². The summed E-state index contributed by atoms with van der Waals surface area (Å²) in [6.07, 6.45) is 0.952. The van der Waals surface area contributed by atoms with Crippen LogP contribution in [0.25, 0.3) is 0 Å². The Hall–Kier alpha value is -2.00. The SMILES string of the molecule is COC(=O)c1ccc(Cl)c(NC(=O)CN(c2ccc(Cl)c(Cl)c2)S(C)(=O)=O)c1. The van der Waals surface area contributed by atoms with Crippen molar-refractivity contribution >= 4 is 68.1 Å². The summed E-state index contributed by atoms with van der Waals surface area (Å²) in [5, 5.41) is 3.04. The van der Waals surface area contributed by atoms with E-state index in [4.69, 9.17) is 34.8 Å². The Morgan fingerprint density at radius 3 is 2.25 bits per heavy atom. The predicted molar refractivity (Wildman–Crippen MR) is 110 cm³/mol. The van der Waals surface area contributed by atoms with Crippen molar-refractivity contribution in [1.29, 1.82) is 0 Å². The summed E-state index contributed by atoms with van der Waals surface area (Å²) in [5.74, 6) is -1.29. The quantitative estimate of drug-likeness (QED) is 0.654. The molecule has 0 aromatic heterocycles. The number of carbonyl (C=O) groups excluding carboxylic acids is 2. The number of halogens is 3. The maximum atomic E-state index is 12.4. The van der Waals surface area contributed by atoms with Gasteiger partial charge in [-0.05, 0) is 36.4 Å². The lowest BCUT2D eigenvalue weighted by molar-refractivity contribution is -0.114. The molecule has 0 saturated heterocycles. The molecule has 7 nitrogen and oxygen atoms in total. The van der Waals surface area contributed by atoms with Gasteiger partial charge in [0.2, 0.25) is 15.9 Å². The molecule has 28 heavy (non-hydrogen) atoms. The van der Waals surface area contributed by atoms with Gasteiger partial charge in [0, 0.05) is 0 Å². The summed E-state index contributed by atoms with van der Waals surface area (Å²) in [4.78, 5) is 24.1. The Kier molecular flexibility index (Phi) is 7.16. The van der Waals surface area contributed by atoms with Gasteiger partial charge < -0.3 is 10.1 Å². The van der Waals surface area contributed by atoms with E-state index in [1.54, 1.807) is 0 Å². The van der Waals surface area contributed by atoms with Crippen molar-refractivity contribution in [3.05, 3.63) is 57.0 Å². The third-order valence-electron chi connectivity index (χ3n) is 3.54. The zero-order valence-corrected chi connectivity index (χ0v) is 17.8. The highest BCUT2D eigenvalue weighted by atomic mass is 35.5. The van der Waals surface area contributed by atoms with Gasteiger partial charge in [-0.25, -0.2) is 13.2 Å². The molecule has 0 radical (unpaired) electrons. The smallest absolute Gasteiger partial charge is 0.337 e. The Morgan fingerprint density at radius 2 is 1.68 bits per heavy atom. The van der Waals surface area contributed by atoms with Crippen LogP contribution in [-0.4, -0.2) is 40.2 Å². The molecule has 150 valence electrons. The van der Waals surface area contributed by atoms with E-state index < -0.39 is 28.4 Å². The molecule has 2 aromatic carbocycles. The average Bonchev–Trinajstić information content (AvgIpc) is 2.62. The van der Waals surface area contributed by atoms with E-state index in [0.29, 0.717) is 0 Å². The first-order chi connectivity index (χ1) is 13.0. The molecule has 0 aliphatic heterocycles. The lowest BCUT2D eigenvalue weighted by Gasteiger charge is -2.22. The molecule has 0 spiro atoms. The summed E-state index contributed by atoms with van der Waals surface area (Å²) < 4.78 is 29.8. The summed E-state index contributed by atoms with van der Waals surface area (Å²) in [6.45, 7) is -0.546. The summed E-state index contributed by atoms with van der Waals surface area (Å²) in [6, 6.07) is 8.36. The number of nitrogens with one attached hydrogen (secondary N) is 1. The first kappa shape index (κ1) is 22.3. The number of ether oxygens (including phenoxy) is 1. The monoisotopic (exact) mass is 464 g/mol. The number of anilines is 2. The molecule has 0 aliphatic rings. The second kappa shape index (κ2) is 9.00. The Bertz CT molecular complexity index is 1030. The van der Waals surface area contributed by atoms with Gasteiger partial charge in [-0.3, -0.25) is 9.10 Å². The second-order valence-corrected chi connectivity index (χ2v) is 8.73. The van der Waals surface area contributed by atoms with Gasteiger partial charge in [0.15, 0.2) is 0 Å². The molecule has 0 fully saturated rings. The van der Waals surface area contributed by atoms with Crippen LogP contribution in [0, 0.1) is 0 Å². The van der Waals surface area contributed by atoms with Gasteiger partial charge in [-0.15, -0.1) is 0 Å². The minimum absolute atomic E-state index is 0.136. The average molecular weight is 466 g/mol. The third-order valence-corrected chi connectivity index (χ3v) is 5.75. The fourth-order valence-corrected chi connectivity index (χ4v) is 3.53. The highest BCUT2D eigenvalue weighted by molar-refractivity contribution is 7.92. The summed E-state index contributed by atoms with van der Waals surface area (Å²) in [7, 11) is -2.59. The molecule has 0 bridgehead atoms. The minimum Gasteiger partial charge on any atom is -0.465 e. The number of amides is 1. The molecule has 0 atom stereocenters. The molecule has 11 heteroatoms. The van der Waals surface area contributed by atoms with Gasteiger partial charge in [-0.2, -0.15) is 0 Å². The van der Waals surface area contributed by atoms with E-state index in [1.807, 2.05) is 0 Å². The molecule has 0 heterocycles. The standard InChI is InChI=1S/C17H15Cl3N2O5S/c1-27-17(24)10-3-5-13(19)15(7-10)21-16(23)9-22(28(2,25)26)11-4-6-12(18)14(20)8-11/h3-8H,9H2,1-2H3,(H,21,23). The van der Waals surface area contributed by atoms with Gasteiger partial charge >= 0.3 is 5.97 Å². The third kappa shape index (κ3) is 5.51. The van der Waals surface area contributed by atoms with E-state index in [1.165, 1.54) is 43.5 Å². The van der Waals surface area contributed by atoms with E-state index in [-0.39, 0.29) is 32.0 Å². The first-order valence-electron chi connectivity index (χ1n) is 7.63. The molecule has 0 unspecified atom stereocenters. The van der Waals surface area contributed by atoms with Crippen molar-refractivity contribution in [2.24, 2.45) is 0 Å². The number of carbonyl (C=O) groups is 2. The minimum atomic E-state index is -3.81. The fraction of sp³-hybridized carbons (Fsp3) is 0.176. The number of benzene rings is 2. The van der Waals surface area contributed by atoms with Crippen LogP contribution < -0.4 is 9.62 Å². The molecular weight excluding hydrogens is 451 g/mol. The van der Waals surface area contributed by atoms with E-state index in [2.05, 4.69) is 10.1 Å². The van der Waals surface area contributed by atoms with Crippen molar-refractivity contribution in [1.82, 2.24) is 0 Å². The van der Waals surface area contributed by atoms with Gasteiger partial charge in [0.25, 0.3) is 0 Å². The maximum Gasteiger partial charge on any atom is 0.337 e. The fourth-order valence-electron chi connectivity index (χ4n) is 2.23. The first-order valence-corrected chi connectivity index (χ1v) is 10.6. The van der Waals surface area contributed by atoms with Gasteiger partial charge in [-0.1, -0.05) is 34.8 Å². The zero-order chi connectivity index (χ0) is 21.1. The van der Waals surface area contributed by atoms with Crippen LogP contribution in [0.1, 0.15) is 10.4 Å². The lowest BCUT2D eigenvalue weighted by atomic mass is 10.2. The topological polar surface area (TPSA) is 92.8 Å². The predicted octanol–water partition coefficient (Wildman–Crippen LogP) is 3.84. The van der Waals surface area contributed by atoms with Crippen LogP contribution in [0.2, 0.25) is 15.1 Å². The van der Waals surface area contributed by atoms with Gasteiger partial charge in [0.05, 0.1) is 45.4 Å². The van der Waals surface area contributed by atoms with Crippen LogP contribution in [-0.2, 0) is 19.6 Å². The number of hydrogen-bond acceptors (Lipinski definition) is 5. The molecule has 1 amide bonds. The number of rotatable bonds is 6. The van der Waals surface area contributed by atoms with Crippen LogP contribution in [0.3, 0.4) is 0 Å². The van der Waals surface area contributed by atoms with Crippen molar-refractivity contribution < 1.29 is 22.7 Å². The zero-order valence-electron chi connectivity index (χ0n) is 14.7. The number of esters is 1. The molecule has 1 N–H and O–H groups in total. The van der Waals surface area contributed by atoms with Crippen molar-refractivity contribution in [2.75, 3.05) is 29.5 Å². The van der Waals surface area contributed by atoms with E-state index >= 15 is 0 Å². The highest BCUT2D eigenvalue weighted by Crippen LogP contribution is 2.29. The number of methoxy groups -OCH3 is 1. The van der Waals surface area contributed by atoms with Crippen molar-refractivity contribution in [3.8, 4) is 0 Å². The van der Waals surface area contributed by atoms with Crippen LogP contribution >= 0.6 is 34.8 Å². The number of sulfonamides is 1. The Morgan fingerprint density at radius 1 is 1.04 bits per heavy atom. The van der Waals surface area contributed by atoms with E-state index in [9.17, 15) is 18.0 Å². The Balaban J connectivity index is 2.28. The highest BCUT2D eigenvalue weighted by Gasteiger charge is 2.22. The van der Waals surface area contributed by atoms with Crippen LogP contribution in [0.5, 0.6) is 0 Å². The summed E-state index contributed by atoms with van der Waals surface area (Å²) in [5.41, 5.74) is 0.477. The molecule has 0 saturated carbocycles. The van der Waals surface area contributed by atoms with Crippen LogP contribution in [0.15, 0.2) is 36.4 Å². The summed E-state index contributed by atoms with van der Waals surface area (Å²) >= 11 is 17.8. The Labute approximate surface area is 177 Å². The number of hydrogen-bond donors (Lipinski definition) is 1. The largest absolute Gasteiger partial charge is 0.465 e. The number of nitrogens with zero attached hydrogens (tertiary/aromatic N) is 1. The van der Waals surface area contributed by atoms with Crippen molar-refractivity contribution in [2.45, 2.75) is 0 Å².